The molecule has 0 radical (unpaired) electrons. The van der Waals surface area contributed by atoms with Crippen LogP contribution in [0.2, 0.25) is 0 Å². The van der Waals surface area contributed by atoms with E-state index in [2.05, 4.69) is 27.0 Å². The van der Waals surface area contributed by atoms with E-state index in [0.29, 0.717) is 28.1 Å². The Morgan fingerprint density at radius 2 is 2.19 bits per heavy atom. The first kappa shape index (κ1) is 13.8. The number of aromatic nitrogens is 1. The minimum Gasteiger partial charge on any atom is -0.435 e. The van der Waals surface area contributed by atoms with E-state index >= 15 is 0 Å². The summed E-state index contributed by atoms with van der Waals surface area (Å²) in [6.07, 6.45) is 0. The monoisotopic (exact) mass is 342 g/mol. The van der Waals surface area contributed by atoms with Gasteiger partial charge in [-0.1, -0.05) is 22.0 Å². The smallest absolute Gasteiger partial charge is 0.227 e. The summed E-state index contributed by atoms with van der Waals surface area (Å²) < 4.78 is 6.75. The Kier molecular flexibility index (Phi) is 3.50. The fourth-order valence-electron chi connectivity index (χ4n) is 2.22. The van der Waals surface area contributed by atoms with E-state index in [-0.39, 0.29) is 6.61 Å². The maximum atomic E-state index is 9.25. The van der Waals surface area contributed by atoms with Crippen LogP contribution in [0.1, 0.15) is 16.7 Å². The molecule has 104 valence electrons. The van der Waals surface area contributed by atoms with Crippen LogP contribution in [0.4, 0.5) is 0 Å². The number of aliphatic hydroxyl groups is 1. The molecule has 21 heavy (non-hydrogen) atoms. The minimum absolute atomic E-state index is 0.136. The predicted molar refractivity (Wildman–Crippen MR) is 82.5 cm³/mol. The number of oxazole rings is 1. The maximum Gasteiger partial charge on any atom is 0.227 e. The van der Waals surface area contributed by atoms with E-state index in [9.17, 15) is 10.4 Å². The average molecular weight is 343 g/mol. The van der Waals surface area contributed by atoms with Crippen LogP contribution in [0, 0.1) is 18.3 Å². The third-order valence-electron chi connectivity index (χ3n) is 3.35. The number of hydrogen-bond acceptors (Lipinski definition) is 4. The van der Waals surface area contributed by atoms with Crippen LogP contribution in [0.3, 0.4) is 0 Å². The summed E-state index contributed by atoms with van der Waals surface area (Å²) in [7, 11) is 0. The zero-order chi connectivity index (χ0) is 15.0. The highest BCUT2D eigenvalue weighted by Gasteiger charge is 2.15. The number of aliphatic hydroxyl groups excluding tert-OH is 1. The van der Waals surface area contributed by atoms with Crippen molar-refractivity contribution < 1.29 is 9.52 Å². The SMILES string of the molecule is Cc1c(Br)cccc1-c1nc2cc(CO)cc(C#N)c2o1. The van der Waals surface area contributed by atoms with Gasteiger partial charge in [0.05, 0.1) is 12.2 Å². The molecule has 0 aliphatic heterocycles. The molecule has 0 spiro atoms. The Balaban J connectivity index is 2.26. The van der Waals surface area contributed by atoms with Crippen LogP contribution in [0.25, 0.3) is 22.6 Å². The molecule has 0 fully saturated rings. The summed E-state index contributed by atoms with van der Waals surface area (Å²) in [6, 6.07) is 11.2. The van der Waals surface area contributed by atoms with E-state index in [4.69, 9.17) is 4.42 Å². The van der Waals surface area contributed by atoms with Gasteiger partial charge in [0.15, 0.2) is 5.58 Å². The van der Waals surface area contributed by atoms with Gasteiger partial charge >= 0.3 is 0 Å². The van der Waals surface area contributed by atoms with Crippen molar-refractivity contribution in [2.45, 2.75) is 13.5 Å². The summed E-state index contributed by atoms with van der Waals surface area (Å²) in [5, 5.41) is 18.5. The Morgan fingerprint density at radius 1 is 1.38 bits per heavy atom. The molecule has 2 aromatic carbocycles. The summed E-state index contributed by atoms with van der Waals surface area (Å²) in [4.78, 5) is 4.45. The Morgan fingerprint density at radius 3 is 2.90 bits per heavy atom. The van der Waals surface area contributed by atoms with Crippen molar-refractivity contribution in [1.29, 1.82) is 5.26 Å². The number of benzene rings is 2. The Hall–Kier alpha value is -2.16. The molecule has 0 bridgehead atoms. The lowest BCUT2D eigenvalue weighted by Crippen LogP contribution is -1.86. The Labute approximate surface area is 129 Å². The Bertz CT molecular complexity index is 878. The molecule has 4 nitrogen and oxygen atoms in total. The zero-order valence-electron chi connectivity index (χ0n) is 11.2. The second-order valence-corrected chi connectivity index (χ2v) is 5.55. The summed E-state index contributed by atoms with van der Waals surface area (Å²) >= 11 is 3.48. The van der Waals surface area contributed by atoms with Crippen molar-refractivity contribution in [3.63, 3.8) is 0 Å². The second-order valence-electron chi connectivity index (χ2n) is 4.69. The number of halogens is 1. The van der Waals surface area contributed by atoms with Gasteiger partial charge in [-0.2, -0.15) is 5.26 Å². The molecule has 0 unspecified atom stereocenters. The van der Waals surface area contributed by atoms with Gasteiger partial charge in [0.1, 0.15) is 11.6 Å². The molecule has 5 heteroatoms. The molecule has 1 N–H and O–H groups in total. The lowest BCUT2D eigenvalue weighted by atomic mass is 10.1. The van der Waals surface area contributed by atoms with E-state index in [0.717, 1.165) is 15.6 Å². The minimum atomic E-state index is -0.136. The highest BCUT2D eigenvalue weighted by atomic mass is 79.9. The number of fused-ring (bicyclic) bond motifs is 1. The van der Waals surface area contributed by atoms with Gasteiger partial charge in [0.25, 0.3) is 0 Å². The normalized spacial score (nSPS) is 10.8. The number of rotatable bonds is 2. The van der Waals surface area contributed by atoms with Gasteiger partial charge in [-0.25, -0.2) is 4.98 Å². The van der Waals surface area contributed by atoms with Crippen LogP contribution >= 0.6 is 15.9 Å². The van der Waals surface area contributed by atoms with Crippen molar-refractivity contribution in [3.8, 4) is 17.5 Å². The number of nitriles is 1. The van der Waals surface area contributed by atoms with Gasteiger partial charge in [-0.05, 0) is 42.3 Å². The third-order valence-corrected chi connectivity index (χ3v) is 4.21. The molecule has 3 aromatic rings. The third kappa shape index (κ3) is 2.33. The molecular formula is C16H11BrN2O2. The van der Waals surface area contributed by atoms with Crippen LogP contribution in [-0.2, 0) is 6.61 Å². The van der Waals surface area contributed by atoms with Crippen molar-refractivity contribution in [3.05, 3.63) is 51.5 Å². The second kappa shape index (κ2) is 5.32. The summed E-state index contributed by atoms with van der Waals surface area (Å²) in [6.45, 7) is 1.83. The van der Waals surface area contributed by atoms with E-state index in [1.54, 1.807) is 12.1 Å². The lowest BCUT2D eigenvalue weighted by Gasteiger charge is -2.02. The number of nitrogens with zero attached hydrogens (tertiary/aromatic N) is 2. The highest BCUT2D eigenvalue weighted by molar-refractivity contribution is 9.10. The highest BCUT2D eigenvalue weighted by Crippen LogP contribution is 2.32. The van der Waals surface area contributed by atoms with Crippen LogP contribution in [0.5, 0.6) is 0 Å². The summed E-state index contributed by atoms with van der Waals surface area (Å²) in [5.41, 5.74) is 3.93. The fourth-order valence-corrected chi connectivity index (χ4v) is 2.59. The van der Waals surface area contributed by atoms with E-state index in [1.807, 2.05) is 25.1 Å². The van der Waals surface area contributed by atoms with Crippen molar-refractivity contribution in [2.75, 3.05) is 0 Å². The van der Waals surface area contributed by atoms with Crippen molar-refractivity contribution in [2.24, 2.45) is 0 Å². The maximum absolute atomic E-state index is 9.25. The molecule has 0 aliphatic rings. The van der Waals surface area contributed by atoms with E-state index in [1.165, 1.54) is 0 Å². The predicted octanol–water partition coefficient (Wildman–Crippen LogP) is 3.93. The molecular weight excluding hydrogens is 332 g/mol. The fraction of sp³-hybridized carbons (Fsp3) is 0.125. The standard InChI is InChI=1S/C16H11BrN2O2/c1-9-12(3-2-4-13(9)17)16-19-14-6-10(8-20)5-11(7-18)15(14)21-16/h2-6,20H,8H2,1H3. The molecule has 0 aliphatic carbocycles. The first-order valence-corrected chi connectivity index (χ1v) is 7.13. The van der Waals surface area contributed by atoms with Gasteiger partial charge in [0.2, 0.25) is 5.89 Å². The van der Waals surface area contributed by atoms with Crippen molar-refractivity contribution in [1.82, 2.24) is 4.98 Å². The molecule has 1 aromatic heterocycles. The van der Waals surface area contributed by atoms with E-state index < -0.39 is 0 Å². The van der Waals surface area contributed by atoms with Gasteiger partial charge in [-0.3, -0.25) is 0 Å². The first-order chi connectivity index (χ1) is 10.1. The van der Waals surface area contributed by atoms with Crippen LogP contribution in [-0.4, -0.2) is 10.1 Å². The molecule has 3 rings (SSSR count). The quantitative estimate of drug-likeness (QED) is 0.765. The lowest BCUT2D eigenvalue weighted by molar-refractivity contribution is 0.282. The largest absolute Gasteiger partial charge is 0.435 e. The van der Waals surface area contributed by atoms with Crippen molar-refractivity contribution >= 4 is 27.0 Å². The topological polar surface area (TPSA) is 70.1 Å². The van der Waals surface area contributed by atoms with Gasteiger partial charge in [0, 0.05) is 10.0 Å². The van der Waals surface area contributed by atoms with Gasteiger partial charge < -0.3 is 9.52 Å². The molecule has 0 saturated carbocycles. The molecule has 0 atom stereocenters. The zero-order valence-corrected chi connectivity index (χ0v) is 12.8. The average Bonchev–Trinajstić information content (AvgIpc) is 2.92. The number of hydrogen-bond donors (Lipinski definition) is 1. The van der Waals surface area contributed by atoms with Crippen LogP contribution in [0.15, 0.2) is 39.2 Å². The van der Waals surface area contributed by atoms with Gasteiger partial charge in [-0.15, -0.1) is 0 Å². The summed E-state index contributed by atoms with van der Waals surface area (Å²) in [5.74, 6) is 0.468. The first-order valence-electron chi connectivity index (χ1n) is 6.34. The molecule has 0 saturated heterocycles. The molecule has 1 heterocycles. The van der Waals surface area contributed by atoms with Crippen LogP contribution < -0.4 is 0 Å². The molecule has 0 amide bonds.